The van der Waals surface area contributed by atoms with E-state index >= 15 is 0 Å². The van der Waals surface area contributed by atoms with Crippen molar-refractivity contribution in [1.29, 1.82) is 0 Å². The fraction of sp³-hybridized carbons (Fsp3) is 0.391. The monoisotopic (exact) mass is 393 g/mol. The minimum Gasteiger partial charge on any atom is -0.497 e. The Morgan fingerprint density at radius 1 is 1.07 bits per heavy atom. The van der Waals surface area contributed by atoms with Crippen LogP contribution in [-0.2, 0) is 4.79 Å². The number of benzene rings is 2. The average Bonchev–Trinajstić information content (AvgIpc) is 3.07. The van der Waals surface area contributed by atoms with Crippen LogP contribution in [0.25, 0.3) is 0 Å². The van der Waals surface area contributed by atoms with E-state index in [0.29, 0.717) is 6.54 Å². The maximum atomic E-state index is 12.5. The molecule has 2 aliphatic heterocycles. The van der Waals surface area contributed by atoms with Gasteiger partial charge in [-0.2, -0.15) is 0 Å². The molecule has 2 aromatic carbocycles. The second-order valence-electron chi connectivity index (χ2n) is 7.69. The molecule has 0 aliphatic carbocycles. The van der Waals surface area contributed by atoms with Crippen LogP contribution >= 0.6 is 0 Å². The number of carbonyl (C=O) groups excluding carboxylic acids is 1. The number of nitrogens with zero attached hydrogens (tertiary/aromatic N) is 3. The van der Waals surface area contributed by atoms with E-state index in [-0.39, 0.29) is 11.8 Å². The van der Waals surface area contributed by atoms with E-state index in [1.54, 1.807) is 7.11 Å². The zero-order valence-corrected chi connectivity index (χ0v) is 17.2. The van der Waals surface area contributed by atoms with Gasteiger partial charge in [0.2, 0.25) is 5.91 Å². The first-order valence-corrected chi connectivity index (χ1v) is 10.1. The first kappa shape index (κ1) is 19.3. The van der Waals surface area contributed by atoms with Crippen molar-refractivity contribution in [3.63, 3.8) is 0 Å². The molecule has 6 heteroatoms. The van der Waals surface area contributed by atoms with Gasteiger partial charge in [-0.1, -0.05) is 26.0 Å². The molecule has 6 nitrogen and oxygen atoms in total. The Bertz CT molecular complexity index is 939. The third kappa shape index (κ3) is 3.92. The lowest BCUT2D eigenvalue weighted by atomic mass is 10.1. The van der Waals surface area contributed by atoms with Crippen LogP contribution in [0.3, 0.4) is 0 Å². The zero-order chi connectivity index (χ0) is 20.4. The first-order valence-electron chi connectivity index (χ1n) is 10.1. The van der Waals surface area contributed by atoms with Crippen molar-refractivity contribution in [2.24, 2.45) is 10.9 Å². The molecular weight excluding hydrogens is 366 g/mol. The number of para-hydroxylation sites is 2. The molecule has 4 rings (SSSR count). The third-order valence-electron chi connectivity index (χ3n) is 5.34. The number of fused-ring (bicyclic) bond motifs is 2. The summed E-state index contributed by atoms with van der Waals surface area (Å²) < 4.78 is 11.6. The van der Waals surface area contributed by atoms with Crippen LogP contribution in [0.5, 0.6) is 17.2 Å². The highest BCUT2D eigenvalue weighted by molar-refractivity contribution is 6.04. The maximum Gasteiger partial charge on any atom is 0.225 e. The second-order valence-corrected chi connectivity index (χ2v) is 7.69. The second kappa shape index (κ2) is 8.15. The Kier molecular flexibility index (Phi) is 5.43. The maximum absolute atomic E-state index is 12.5. The number of amidine groups is 1. The Hall–Kier alpha value is -3.02. The van der Waals surface area contributed by atoms with Gasteiger partial charge in [0.05, 0.1) is 12.7 Å². The normalized spacial score (nSPS) is 16.2. The van der Waals surface area contributed by atoms with Gasteiger partial charge in [0.1, 0.15) is 23.0 Å². The summed E-state index contributed by atoms with van der Waals surface area (Å²) >= 11 is 0. The van der Waals surface area contributed by atoms with Crippen LogP contribution in [0.15, 0.2) is 47.5 Å². The standard InChI is InChI=1S/C23H27N3O3/c1-16(2)23(27)26-12-6-11-25(13-14-26)22-18-10-9-17(28-3)15-21(18)29-20-8-5-4-7-19(20)24-22/h4-5,7-10,15-16H,6,11-14H2,1-3H3. The molecule has 0 spiro atoms. The minimum absolute atomic E-state index is 0.0187. The predicted molar refractivity (Wildman–Crippen MR) is 113 cm³/mol. The number of hydrogen-bond donors (Lipinski definition) is 0. The molecule has 29 heavy (non-hydrogen) atoms. The predicted octanol–water partition coefficient (Wildman–Crippen LogP) is 4.07. The van der Waals surface area contributed by atoms with Crippen molar-refractivity contribution in [2.45, 2.75) is 20.3 Å². The molecule has 0 saturated carbocycles. The number of aliphatic imine (C=N–C) groups is 1. The first-order chi connectivity index (χ1) is 14.1. The molecule has 2 aliphatic rings. The van der Waals surface area contributed by atoms with Crippen molar-refractivity contribution in [1.82, 2.24) is 9.80 Å². The van der Waals surface area contributed by atoms with Crippen LogP contribution in [0.2, 0.25) is 0 Å². The largest absolute Gasteiger partial charge is 0.497 e. The van der Waals surface area contributed by atoms with E-state index in [4.69, 9.17) is 14.5 Å². The number of methoxy groups -OCH3 is 1. The Morgan fingerprint density at radius 3 is 2.69 bits per heavy atom. The van der Waals surface area contributed by atoms with Gasteiger partial charge in [0, 0.05) is 38.2 Å². The van der Waals surface area contributed by atoms with Gasteiger partial charge in [0.25, 0.3) is 0 Å². The van der Waals surface area contributed by atoms with Crippen LogP contribution in [0.1, 0.15) is 25.8 Å². The van der Waals surface area contributed by atoms with Gasteiger partial charge in [0.15, 0.2) is 5.75 Å². The topological polar surface area (TPSA) is 54.4 Å². The van der Waals surface area contributed by atoms with E-state index in [9.17, 15) is 4.79 Å². The zero-order valence-electron chi connectivity index (χ0n) is 17.2. The number of hydrogen-bond acceptors (Lipinski definition) is 5. The van der Waals surface area contributed by atoms with Crippen molar-refractivity contribution in [3.8, 4) is 17.2 Å². The highest BCUT2D eigenvalue weighted by Crippen LogP contribution is 2.39. The summed E-state index contributed by atoms with van der Waals surface area (Å²) in [6.45, 7) is 6.98. The molecule has 2 heterocycles. The summed E-state index contributed by atoms with van der Waals surface area (Å²) in [4.78, 5) is 21.7. The van der Waals surface area contributed by atoms with Crippen LogP contribution < -0.4 is 9.47 Å². The van der Waals surface area contributed by atoms with Gasteiger partial charge < -0.3 is 19.3 Å². The lowest BCUT2D eigenvalue weighted by Gasteiger charge is -2.26. The van der Waals surface area contributed by atoms with Crippen molar-refractivity contribution < 1.29 is 14.3 Å². The molecule has 0 unspecified atom stereocenters. The molecular formula is C23H27N3O3. The fourth-order valence-corrected chi connectivity index (χ4v) is 3.78. The molecule has 152 valence electrons. The molecule has 1 fully saturated rings. The number of ether oxygens (including phenoxy) is 2. The van der Waals surface area contributed by atoms with E-state index < -0.39 is 0 Å². The third-order valence-corrected chi connectivity index (χ3v) is 5.34. The minimum atomic E-state index is 0.0187. The van der Waals surface area contributed by atoms with Gasteiger partial charge in [-0.3, -0.25) is 4.79 Å². The average molecular weight is 393 g/mol. The van der Waals surface area contributed by atoms with Crippen molar-refractivity contribution >= 4 is 17.4 Å². The van der Waals surface area contributed by atoms with Gasteiger partial charge >= 0.3 is 0 Å². The SMILES string of the molecule is COc1ccc2c(c1)Oc1ccccc1N=C2N1CCCN(C(=O)C(C)C)CC1. The Morgan fingerprint density at radius 2 is 1.90 bits per heavy atom. The molecule has 2 aromatic rings. The summed E-state index contributed by atoms with van der Waals surface area (Å²) in [6, 6.07) is 13.6. The lowest BCUT2D eigenvalue weighted by molar-refractivity contribution is -0.134. The molecule has 1 saturated heterocycles. The van der Waals surface area contributed by atoms with Crippen LogP contribution in [0, 0.1) is 5.92 Å². The summed E-state index contributed by atoms with van der Waals surface area (Å²) in [5.41, 5.74) is 1.74. The summed E-state index contributed by atoms with van der Waals surface area (Å²) in [5, 5.41) is 0. The van der Waals surface area contributed by atoms with Gasteiger partial charge in [-0.05, 0) is 30.7 Å². The Labute approximate surface area is 171 Å². The molecule has 0 N–H and O–H groups in total. The fourth-order valence-electron chi connectivity index (χ4n) is 3.78. The quantitative estimate of drug-likeness (QED) is 0.772. The summed E-state index contributed by atoms with van der Waals surface area (Å²) in [6.07, 6.45) is 0.908. The molecule has 0 atom stereocenters. The number of rotatable bonds is 2. The Balaban J connectivity index is 1.70. The van der Waals surface area contributed by atoms with Crippen LogP contribution in [-0.4, -0.2) is 54.8 Å². The van der Waals surface area contributed by atoms with Crippen molar-refractivity contribution in [3.05, 3.63) is 48.0 Å². The van der Waals surface area contributed by atoms with E-state index in [0.717, 1.165) is 60.4 Å². The van der Waals surface area contributed by atoms with E-state index in [1.165, 1.54) is 0 Å². The molecule has 0 bridgehead atoms. The number of amides is 1. The molecule has 0 radical (unpaired) electrons. The molecule has 0 aromatic heterocycles. The van der Waals surface area contributed by atoms with Crippen LogP contribution in [0.4, 0.5) is 5.69 Å². The van der Waals surface area contributed by atoms with Gasteiger partial charge in [-0.25, -0.2) is 4.99 Å². The summed E-state index contributed by atoms with van der Waals surface area (Å²) in [5.74, 6) is 3.31. The highest BCUT2D eigenvalue weighted by atomic mass is 16.5. The molecule has 1 amide bonds. The lowest BCUT2D eigenvalue weighted by Crippen LogP contribution is -2.39. The summed E-state index contributed by atoms with van der Waals surface area (Å²) in [7, 11) is 1.65. The smallest absolute Gasteiger partial charge is 0.225 e. The highest BCUT2D eigenvalue weighted by Gasteiger charge is 2.27. The van der Waals surface area contributed by atoms with E-state index in [2.05, 4.69) is 4.90 Å². The van der Waals surface area contributed by atoms with E-state index in [1.807, 2.05) is 61.2 Å². The number of carbonyl (C=O) groups is 1. The van der Waals surface area contributed by atoms with Crippen molar-refractivity contribution in [2.75, 3.05) is 33.3 Å². The van der Waals surface area contributed by atoms with Gasteiger partial charge in [-0.15, -0.1) is 0 Å².